The van der Waals surface area contributed by atoms with E-state index < -0.39 is 0 Å². The molecule has 1 saturated heterocycles. The molecule has 0 saturated carbocycles. The Morgan fingerprint density at radius 3 is 2.95 bits per heavy atom. The van der Waals surface area contributed by atoms with E-state index in [-0.39, 0.29) is 5.97 Å². The third-order valence-electron chi connectivity index (χ3n) is 2.90. The Morgan fingerprint density at radius 1 is 1.47 bits per heavy atom. The van der Waals surface area contributed by atoms with Gasteiger partial charge in [-0.2, -0.15) is 11.8 Å². The molecule has 0 atom stereocenters. The minimum absolute atomic E-state index is 0.319. The molecular formula is C14H19NO3S. The molecule has 1 aliphatic heterocycles. The maximum Gasteiger partial charge on any atom is 0.330 e. The lowest BCUT2D eigenvalue weighted by molar-refractivity contribution is -0.138. The minimum atomic E-state index is -0.319. The van der Waals surface area contributed by atoms with Crippen molar-refractivity contribution in [2.75, 3.05) is 37.7 Å². The highest BCUT2D eigenvalue weighted by atomic mass is 32.2. The Balaban J connectivity index is 1.65. The van der Waals surface area contributed by atoms with Crippen molar-refractivity contribution in [1.82, 2.24) is 4.90 Å². The second kappa shape index (κ2) is 7.40. The summed E-state index contributed by atoms with van der Waals surface area (Å²) < 4.78 is 10.5. The highest BCUT2D eigenvalue weighted by molar-refractivity contribution is 7.99. The van der Waals surface area contributed by atoms with Crippen molar-refractivity contribution < 1.29 is 13.9 Å². The number of ether oxygens (including phenoxy) is 1. The van der Waals surface area contributed by atoms with Gasteiger partial charge < -0.3 is 9.15 Å². The van der Waals surface area contributed by atoms with Crippen LogP contribution in [0.3, 0.4) is 0 Å². The van der Waals surface area contributed by atoms with Gasteiger partial charge in [-0.05, 0) is 25.1 Å². The van der Waals surface area contributed by atoms with Gasteiger partial charge in [0.1, 0.15) is 18.1 Å². The number of carbonyl (C=O) groups is 1. The molecule has 19 heavy (non-hydrogen) atoms. The number of thioether (sulfide) groups is 1. The summed E-state index contributed by atoms with van der Waals surface area (Å²) in [5.74, 6) is 3.52. The van der Waals surface area contributed by atoms with E-state index in [0.717, 1.165) is 25.4 Å². The highest BCUT2D eigenvalue weighted by Crippen LogP contribution is 2.09. The van der Waals surface area contributed by atoms with E-state index in [4.69, 9.17) is 9.15 Å². The van der Waals surface area contributed by atoms with Crippen LogP contribution in [-0.2, 0) is 9.53 Å². The van der Waals surface area contributed by atoms with Gasteiger partial charge in [-0.1, -0.05) is 0 Å². The van der Waals surface area contributed by atoms with Crippen LogP contribution >= 0.6 is 11.8 Å². The van der Waals surface area contributed by atoms with Crippen LogP contribution < -0.4 is 0 Å². The summed E-state index contributed by atoms with van der Waals surface area (Å²) in [4.78, 5) is 13.8. The summed E-state index contributed by atoms with van der Waals surface area (Å²) >= 11 is 1.98. The Labute approximate surface area is 117 Å². The van der Waals surface area contributed by atoms with Crippen molar-refractivity contribution in [1.29, 1.82) is 0 Å². The van der Waals surface area contributed by atoms with E-state index in [1.54, 1.807) is 6.08 Å². The fraction of sp³-hybridized carbons (Fsp3) is 0.500. The molecule has 0 N–H and O–H groups in total. The number of nitrogens with zero attached hydrogens (tertiary/aromatic N) is 1. The predicted molar refractivity (Wildman–Crippen MR) is 77.2 cm³/mol. The molecule has 0 bridgehead atoms. The van der Waals surface area contributed by atoms with Crippen molar-refractivity contribution in [3.8, 4) is 0 Å². The molecule has 0 radical (unpaired) electrons. The number of furan rings is 1. The van der Waals surface area contributed by atoms with Crippen LogP contribution in [0.2, 0.25) is 0 Å². The van der Waals surface area contributed by atoms with Crippen LogP contribution in [0.1, 0.15) is 11.5 Å². The van der Waals surface area contributed by atoms with Crippen LogP contribution in [0, 0.1) is 6.92 Å². The van der Waals surface area contributed by atoms with Gasteiger partial charge >= 0.3 is 5.97 Å². The Hall–Kier alpha value is -1.20. The molecule has 5 heteroatoms. The number of carbonyl (C=O) groups excluding carboxylic acids is 1. The number of hydrogen-bond donors (Lipinski definition) is 0. The summed E-state index contributed by atoms with van der Waals surface area (Å²) in [6.45, 7) is 5.31. The lowest BCUT2D eigenvalue weighted by Crippen LogP contribution is -2.35. The molecule has 2 heterocycles. The lowest BCUT2D eigenvalue weighted by Gasteiger charge is -2.25. The second-order valence-electron chi connectivity index (χ2n) is 4.40. The summed E-state index contributed by atoms with van der Waals surface area (Å²) in [6, 6.07) is 3.68. The van der Waals surface area contributed by atoms with Crippen LogP contribution in [-0.4, -0.2) is 48.6 Å². The first-order valence-electron chi connectivity index (χ1n) is 6.45. The number of aryl methyl sites for hydroxylation is 1. The zero-order valence-corrected chi connectivity index (χ0v) is 11.9. The van der Waals surface area contributed by atoms with Crippen molar-refractivity contribution in [3.63, 3.8) is 0 Å². The van der Waals surface area contributed by atoms with E-state index in [2.05, 4.69) is 4.90 Å². The molecule has 1 fully saturated rings. The smallest absolute Gasteiger partial charge is 0.330 e. The Bertz CT molecular complexity index is 436. The quantitative estimate of drug-likeness (QED) is 0.611. The highest BCUT2D eigenvalue weighted by Gasteiger charge is 2.10. The van der Waals surface area contributed by atoms with Crippen molar-refractivity contribution in [3.05, 3.63) is 29.7 Å². The molecule has 0 aliphatic carbocycles. The molecule has 0 unspecified atom stereocenters. The average molecular weight is 281 g/mol. The normalized spacial score (nSPS) is 16.9. The zero-order chi connectivity index (χ0) is 13.5. The van der Waals surface area contributed by atoms with E-state index in [1.165, 1.54) is 17.6 Å². The van der Waals surface area contributed by atoms with Gasteiger partial charge in [0.05, 0.1) is 0 Å². The maximum absolute atomic E-state index is 11.5. The first kappa shape index (κ1) is 14.2. The molecule has 0 amide bonds. The summed E-state index contributed by atoms with van der Waals surface area (Å²) in [6.07, 6.45) is 3.04. The molecular weight excluding hydrogens is 262 g/mol. The number of esters is 1. The summed E-state index contributed by atoms with van der Waals surface area (Å²) in [5, 5.41) is 0. The molecule has 1 aromatic rings. The zero-order valence-electron chi connectivity index (χ0n) is 11.1. The first-order chi connectivity index (χ1) is 9.24. The van der Waals surface area contributed by atoms with Gasteiger partial charge in [-0.3, -0.25) is 4.90 Å². The maximum atomic E-state index is 11.5. The Morgan fingerprint density at radius 2 is 2.26 bits per heavy atom. The minimum Gasteiger partial charge on any atom is -0.462 e. The van der Waals surface area contributed by atoms with Crippen LogP contribution in [0.25, 0.3) is 6.08 Å². The standard InChI is InChI=1S/C14H19NO3S/c1-12-2-3-13(18-12)4-5-14(16)17-9-6-15-7-10-19-11-8-15/h2-5H,6-11H2,1H3/b5-4+. The summed E-state index contributed by atoms with van der Waals surface area (Å²) in [5.41, 5.74) is 0. The monoisotopic (exact) mass is 281 g/mol. The third-order valence-corrected chi connectivity index (χ3v) is 3.84. The first-order valence-corrected chi connectivity index (χ1v) is 7.61. The molecule has 4 nitrogen and oxygen atoms in total. The summed E-state index contributed by atoms with van der Waals surface area (Å²) in [7, 11) is 0. The predicted octanol–water partition coefficient (Wildman–Crippen LogP) is 2.19. The van der Waals surface area contributed by atoms with Gasteiger partial charge in [-0.25, -0.2) is 4.79 Å². The fourth-order valence-corrected chi connectivity index (χ4v) is 2.82. The second-order valence-corrected chi connectivity index (χ2v) is 5.63. The van der Waals surface area contributed by atoms with Crippen molar-refractivity contribution >= 4 is 23.8 Å². The van der Waals surface area contributed by atoms with E-state index in [0.29, 0.717) is 12.4 Å². The molecule has 2 rings (SSSR count). The lowest BCUT2D eigenvalue weighted by atomic mass is 10.4. The SMILES string of the molecule is Cc1ccc(/C=C/C(=O)OCCN2CCSCC2)o1. The Kier molecular flexibility index (Phi) is 5.54. The van der Waals surface area contributed by atoms with Gasteiger partial charge in [-0.15, -0.1) is 0 Å². The fourth-order valence-electron chi connectivity index (χ4n) is 1.84. The molecule has 0 aromatic carbocycles. The van der Waals surface area contributed by atoms with Gasteiger partial charge in [0.15, 0.2) is 0 Å². The molecule has 0 spiro atoms. The van der Waals surface area contributed by atoms with E-state index in [9.17, 15) is 4.79 Å². The van der Waals surface area contributed by atoms with Crippen LogP contribution in [0.5, 0.6) is 0 Å². The van der Waals surface area contributed by atoms with E-state index >= 15 is 0 Å². The van der Waals surface area contributed by atoms with Crippen LogP contribution in [0.15, 0.2) is 22.6 Å². The van der Waals surface area contributed by atoms with Crippen LogP contribution in [0.4, 0.5) is 0 Å². The van der Waals surface area contributed by atoms with E-state index in [1.807, 2.05) is 30.8 Å². The molecule has 104 valence electrons. The average Bonchev–Trinajstić information content (AvgIpc) is 2.83. The largest absolute Gasteiger partial charge is 0.462 e. The number of rotatable bonds is 5. The van der Waals surface area contributed by atoms with Crippen molar-refractivity contribution in [2.45, 2.75) is 6.92 Å². The van der Waals surface area contributed by atoms with Gasteiger partial charge in [0.2, 0.25) is 0 Å². The number of hydrogen-bond acceptors (Lipinski definition) is 5. The van der Waals surface area contributed by atoms with Gasteiger partial charge in [0, 0.05) is 37.2 Å². The van der Waals surface area contributed by atoms with Gasteiger partial charge in [0.25, 0.3) is 0 Å². The molecule has 1 aliphatic rings. The third kappa shape index (κ3) is 5.12. The topological polar surface area (TPSA) is 42.7 Å². The van der Waals surface area contributed by atoms with Crippen molar-refractivity contribution in [2.24, 2.45) is 0 Å². The molecule has 1 aromatic heterocycles.